The zero-order valence-electron chi connectivity index (χ0n) is 9.59. The Bertz CT molecular complexity index is 489. The van der Waals surface area contributed by atoms with Gasteiger partial charge in [0.05, 0.1) is 18.1 Å². The van der Waals surface area contributed by atoms with Crippen molar-refractivity contribution >= 4 is 15.7 Å². The second kappa shape index (κ2) is 4.87. The molecule has 1 atom stereocenters. The van der Waals surface area contributed by atoms with Crippen molar-refractivity contribution in [3.8, 4) is 5.88 Å². The van der Waals surface area contributed by atoms with Gasteiger partial charge in [-0.05, 0) is 12.8 Å². The highest BCUT2D eigenvalue weighted by molar-refractivity contribution is 7.92. The fourth-order valence-corrected chi connectivity index (χ4v) is 3.62. The first-order valence-electron chi connectivity index (χ1n) is 5.43. The van der Waals surface area contributed by atoms with Gasteiger partial charge in [-0.15, -0.1) is 0 Å². The molecule has 1 N–H and O–H groups in total. The number of hydrogen-bond donors (Lipinski definition) is 1. The molecule has 0 radical (unpaired) electrons. The zero-order chi connectivity index (χ0) is 12.3. The predicted molar refractivity (Wildman–Crippen MR) is 63.9 cm³/mol. The van der Waals surface area contributed by atoms with Crippen LogP contribution < -0.4 is 10.1 Å². The molecule has 1 unspecified atom stereocenters. The van der Waals surface area contributed by atoms with Gasteiger partial charge in [0.25, 0.3) is 0 Å². The van der Waals surface area contributed by atoms with Gasteiger partial charge in [-0.2, -0.15) is 0 Å². The molecule has 2 heterocycles. The Morgan fingerprint density at radius 1 is 1.53 bits per heavy atom. The van der Waals surface area contributed by atoms with Gasteiger partial charge in [-0.3, -0.25) is 0 Å². The molecule has 0 bridgehead atoms. The highest BCUT2D eigenvalue weighted by Crippen LogP contribution is 2.20. The number of rotatable bonds is 4. The lowest BCUT2D eigenvalue weighted by molar-refractivity contribution is 0.397. The third-order valence-corrected chi connectivity index (χ3v) is 5.10. The van der Waals surface area contributed by atoms with E-state index in [0.29, 0.717) is 24.0 Å². The van der Waals surface area contributed by atoms with Crippen LogP contribution >= 0.6 is 0 Å². The number of nitrogens with zero attached hydrogens (tertiary/aromatic N) is 2. The van der Waals surface area contributed by atoms with Gasteiger partial charge in [0.1, 0.15) is 12.1 Å². The number of aromatic nitrogens is 2. The molecule has 0 amide bonds. The number of sulfone groups is 1. The summed E-state index contributed by atoms with van der Waals surface area (Å²) in [6, 6.07) is 1.64. The monoisotopic (exact) mass is 257 g/mol. The first kappa shape index (κ1) is 12.1. The van der Waals surface area contributed by atoms with E-state index in [-0.39, 0.29) is 5.25 Å². The van der Waals surface area contributed by atoms with E-state index in [1.165, 1.54) is 13.4 Å². The molecule has 94 valence electrons. The van der Waals surface area contributed by atoms with Gasteiger partial charge >= 0.3 is 0 Å². The van der Waals surface area contributed by atoms with Gasteiger partial charge in [0.15, 0.2) is 9.84 Å². The quantitative estimate of drug-likeness (QED) is 0.844. The standard InChI is InChI=1S/C10H15N3O3S/c1-16-10-5-9(12-7-13-10)11-6-8-3-2-4-17(8,14)15/h5,7-8H,2-4,6H2,1H3,(H,11,12,13). The number of ether oxygens (including phenoxy) is 1. The van der Waals surface area contributed by atoms with E-state index < -0.39 is 9.84 Å². The lowest BCUT2D eigenvalue weighted by Crippen LogP contribution is -2.25. The van der Waals surface area contributed by atoms with Gasteiger partial charge in [-0.1, -0.05) is 0 Å². The fourth-order valence-electron chi connectivity index (χ4n) is 1.85. The smallest absolute Gasteiger partial charge is 0.218 e. The third kappa shape index (κ3) is 2.85. The van der Waals surface area contributed by atoms with E-state index in [9.17, 15) is 8.42 Å². The summed E-state index contributed by atoms with van der Waals surface area (Å²) >= 11 is 0. The molecule has 1 saturated heterocycles. The molecule has 0 aliphatic carbocycles. The molecule has 17 heavy (non-hydrogen) atoms. The summed E-state index contributed by atoms with van der Waals surface area (Å²) in [7, 11) is -1.39. The molecular formula is C10H15N3O3S. The van der Waals surface area contributed by atoms with Crippen LogP contribution in [0.4, 0.5) is 5.82 Å². The lowest BCUT2D eigenvalue weighted by Gasteiger charge is -2.11. The maximum atomic E-state index is 11.6. The Morgan fingerprint density at radius 3 is 3.00 bits per heavy atom. The van der Waals surface area contributed by atoms with Gasteiger partial charge in [0, 0.05) is 12.6 Å². The van der Waals surface area contributed by atoms with Crippen LogP contribution in [0.25, 0.3) is 0 Å². The number of nitrogens with one attached hydrogen (secondary N) is 1. The van der Waals surface area contributed by atoms with Crippen molar-refractivity contribution in [2.75, 3.05) is 24.7 Å². The molecule has 0 aromatic carbocycles. The minimum absolute atomic E-state index is 0.298. The number of anilines is 1. The Labute approximate surface area is 100 Å². The van der Waals surface area contributed by atoms with Gasteiger partial charge < -0.3 is 10.1 Å². The third-order valence-electron chi connectivity index (χ3n) is 2.82. The average molecular weight is 257 g/mol. The minimum atomic E-state index is -2.91. The van der Waals surface area contributed by atoms with Gasteiger partial charge in [-0.25, -0.2) is 18.4 Å². The van der Waals surface area contributed by atoms with Crippen LogP contribution in [0.5, 0.6) is 5.88 Å². The summed E-state index contributed by atoms with van der Waals surface area (Å²) in [5.74, 6) is 1.34. The molecule has 1 fully saturated rings. The highest BCUT2D eigenvalue weighted by Gasteiger charge is 2.30. The van der Waals surface area contributed by atoms with Crippen LogP contribution in [0.1, 0.15) is 12.8 Å². The average Bonchev–Trinajstić information content (AvgIpc) is 2.66. The van der Waals surface area contributed by atoms with Crippen LogP contribution in [0.2, 0.25) is 0 Å². The van der Waals surface area contributed by atoms with Gasteiger partial charge in [0.2, 0.25) is 5.88 Å². The molecule has 0 spiro atoms. The Balaban J connectivity index is 1.98. The van der Waals surface area contributed by atoms with Crippen molar-refractivity contribution in [1.82, 2.24) is 9.97 Å². The molecule has 2 rings (SSSR count). The predicted octanol–water partition coefficient (Wildman–Crippen LogP) is 0.474. The first-order valence-corrected chi connectivity index (χ1v) is 7.15. The summed E-state index contributed by atoms with van der Waals surface area (Å²) in [4.78, 5) is 7.87. The topological polar surface area (TPSA) is 81.2 Å². The Morgan fingerprint density at radius 2 is 2.35 bits per heavy atom. The molecule has 1 aromatic rings. The van der Waals surface area contributed by atoms with E-state index in [1.54, 1.807) is 6.07 Å². The van der Waals surface area contributed by atoms with Crippen molar-refractivity contribution in [3.05, 3.63) is 12.4 Å². The summed E-state index contributed by atoms with van der Waals surface area (Å²) in [6.45, 7) is 0.391. The first-order chi connectivity index (χ1) is 8.12. The SMILES string of the molecule is COc1cc(NCC2CCCS2(=O)=O)ncn1. The fraction of sp³-hybridized carbons (Fsp3) is 0.600. The molecule has 1 aliphatic rings. The second-order valence-electron chi connectivity index (χ2n) is 3.96. The normalized spacial score (nSPS) is 22.3. The van der Waals surface area contributed by atoms with Crippen molar-refractivity contribution in [2.45, 2.75) is 18.1 Å². The zero-order valence-corrected chi connectivity index (χ0v) is 10.4. The van der Waals surface area contributed by atoms with Crippen molar-refractivity contribution in [1.29, 1.82) is 0 Å². The maximum absolute atomic E-state index is 11.6. The molecule has 1 aromatic heterocycles. The Hall–Kier alpha value is -1.37. The van der Waals surface area contributed by atoms with E-state index in [2.05, 4.69) is 15.3 Å². The van der Waals surface area contributed by atoms with E-state index in [1.807, 2.05) is 0 Å². The summed E-state index contributed by atoms with van der Waals surface area (Å²) in [6.07, 6.45) is 2.85. The minimum Gasteiger partial charge on any atom is -0.481 e. The van der Waals surface area contributed by atoms with E-state index in [4.69, 9.17) is 4.74 Å². The molecule has 0 saturated carbocycles. The summed E-state index contributed by atoms with van der Waals surface area (Å²) in [5, 5.41) is 2.70. The van der Waals surface area contributed by atoms with Crippen LogP contribution in [0, 0.1) is 0 Å². The lowest BCUT2D eigenvalue weighted by atomic mass is 10.2. The number of hydrogen-bond acceptors (Lipinski definition) is 6. The Kier molecular flexibility index (Phi) is 3.46. The van der Waals surface area contributed by atoms with E-state index in [0.717, 1.165) is 12.8 Å². The highest BCUT2D eigenvalue weighted by atomic mass is 32.2. The molecule has 6 nitrogen and oxygen atoms in total. The van der Waals surface area contributed by atoms with Crippen LogP contribution in [0.15, 0.2) is 12.4 Å². The van der Waals surface area contributed by atoms with Crippen LogP contribution in [-0.4, -0.2) is 43.0 Å². The van der Waals surface area contributed by atoms with Crippen molar-refractivity contribution in [3.63, 3.8) is 0 Å². The maximum Gasteiger partial charge on any atom is 0.218 e. The van der Waals surface area contributed by atoms with Crippen molar-refractivity contribution in [2.24, 2.45) is 0 Å². The summed E-state index contributed by atoms with van der Waals surface area (Å²) in [5.41, 5.74) is 0. The number of methoxy groups -OCH3 is 1. The van der Waals surface area contributed by atoms with Crippen molar-refractivity contribution < 1.29 is 13.2 Å². The second-order valence-corrected chi connectivity index (χ2v) is 6.36. The van der Waals surface area contributed by atoms with Crippen LogP contribution in [0.3, 0.4) is 0 Å². The molecule has 1 aliphatic heterocycles. The summed E-state index contributed by atoms with van der Waals surface area (Å²) < 4.78 is 28.2. The molecule has 7 heteroatoms. The van der Waals surface area contributed by atoms with E-state index >= 15 is 0 Å². The molecular weight excluding hydrogens is 242 g/mol. The van der Waals surface area contributed by atoms with Crippen LogP contribution in [-0.2, 0) is 9.84 Å². The largest absolute Gasteiger partial charge is 0.481 e.